The van der Waals surface area contributed by atoms with Gasteiger partial charge in [-0.2, -0.15) is 0 Å². The van der Waals surface area contributed by atoms with E-state index in [1.807, 2.05) is 31.2 Å². The predicted octanol–water partition coefficient (Wildman–Crippen LogP) is 3.60. The Morgan fingerprint density at radius 1 is 1.14 bits per heavy atom. The van der Waals surface area contributed by atoms with Crippen LogP contribution >= 0.6 is 0 Å². The van der Waals surface area contributed by atoms with E-state index >= 15 is 0 Å². The minimum Gasteiger partial charge on any atom is -0.454 e. The molecule has 1 aromatic carbocycles. The number of carbonyl (C=O) groups excluding carboxylic acids is 1. The van der Waals surface area contributed by atoms with Crippen LogP contribution in [0.1, 0.15) is 47.7 Å². The fourth-order valence-electron chi connectivity index (χ4n) is 3.67. The normalized spacial score (nSPS) is 18.0. The van der Waals surface area contributed by atoms with Crippen LogP contribution in [0.2, 0.25) is 0 Å². The number of carbonyl (C=O) groups is 1. The Bertz CT molecular complexity index is 1020. The lowest BCUT2D eigenvalue weighted by atomic mass is 10.1. The van der Waals surface area contributed by atoms with Gasteiger partial charge in [0.05, 0.1) is 11.7 Å². The lowest BCUT2D eigenvalue weighted by Gasteiger charge is -2.21. The van der Waals surface area contributed by atoms with Crippen LogP contribution in [0.25, 0.3) is 11.3 Å². The second-order valence-electron chi connectivity index (χ2n) is 6.88. The van der Waals surface area contributed by atoms with Crippen LogP contribution in [0.3, 0.4) is 0 Å². The topological polar surface area (TPSA) is 90.8 Å². The molecule has 5 rings (SSSR count). The third-order valence-corrected chi connectivity index (χ3v) is 5.17. The molecule has 8 heteroatoms. The maximum atomic E-state index is 13.0. The fourth-order valence-corrected chi connectivity index (χ4v) is 3.67. The lowest BCUT2D eigenvalue weighted by Crippen LogP contribution is -2.30. The first kappa shape index (κ1) is 16.9. The number of aromatic nitrogens is 2. The van der Waals surface area contributed by atoms with Gasteiger partial charge in [0.1, 0.15) is 0 Å². The van der Waals surface area contributed by atoms with Gasteiger partial charge in [0.2, 0.25) is 6.79 Å². The van der Waals surface area contributed by atoms with Crippen molar-refractivity contribution in [3.63, 3.8) is 0 Å². The molecule has 0 radical (unpaired) electrons. The van der Waals surface area contributed by atoms with Gasteiger partial charge in [-0.3, -0.25) is 4.79 Å². The van der Waals surface area contributed by atoms with Gasteiger partial charge in [-0.15, -0.1) is 0 Å². The van der Waals surface area contributed by atoms with Crippen LogP contribution in [0.15, 0.2) is 39.4 Å². The summed E-state index contributed by atoms with van der Waals surface area (Å²) in [6, 6.07) is 8.95. The molecule has 8 nitrogen and oxygen atoms in total. The Hall–Kier alpha value is -3.29. The first-order valence-corrected chi connectivity index (χ1v) is 9.36. The summed E-state index contributed by atoms with van der Waals surface area (Å²) in [5, 5.41) is 8.04. The lowest BCUT2D eigenvalue weighted by molar-refractivity contribution is 0.0704. The number of aryl methyl sites for hydroxylation is 1. The maximum absolute atomic E-state index is 13.0. The van der Waals surface area contributed by atoms with E-state index in [1.54, 1.807) is 11.0 Å². The van der Waals surface area contributed by atoms with Gasteiger partial charge in [0.25, 0.3) is 5.91 Å². The van der Waals surface area contributed by atoms with E-state index in [0.717, 1.165) is 36.3 Å². The zero-order chi connectivity index (χ0) is 19.1. The summed E-state index contributed by atoms with van der Waals surface area (Å²) in [5.41, 5.74) is 1.94. The number of nitrogens with zero attached hydrogens (tertiary/aromatic N) is 3. The summed E-state index contributed by atoms with van der Waals surface area (Å²) in [4.78, 5) is 14.8. The third-order valence-electron chi connectivity index (χ3n) is 5.17. The van der Waals surface area contributed by atoms with Gasteiger partial charge < -0.3 is 23.4 Å². The van der Waals surface area contributed by atoms with E-state index in [0.29, 0.717) is 23.8 Å². The first-order valence-electron chi connectivity index (χ1n) is 9.36. The van der Waals surface area contributed by atoms with Gasteiger partial charge in [0, 0.05) is 24.2 Å². The van der Waals surface area contributed by atoms with E-state index in [1.165, 1.54) is 0 Å². The van der Waals surface area contributed by atoms with Gasteiger partial charge in [0.15, 0.2) is 28.7 Å². The average Bonchev–Trinajstić information content (AvgIpc) is 3.52. The van der Waals surface area contributed by atoms with E-state index in [4.69, 9.17) is 18.5 Å². The molecule has 0 N–H and O–H groups in total. The molecule has 0 spiro atoms. The SMILES string of the molecule is CCc1cc([C@H]2CCCN2C(=O)c2cc(-c3ccc4c(c3)OCO4)on2)on1. The largest absolute Gasteiger partial charge is 0.454 e. The highest BCUT2D eigenvalue weighted by Gasteiger charge is 2.34. The van der Waals surface area contributed by atoms with Crippen LogP contribution in [0.4, 0.5) is 0 Å². The highest BCUT2D eigenvalue weighted by Crippen LogP contribution is 2.37. The third kappa shape index (κ3) is 2.81. The van der Waals surface area contributed by atoms with Crippen LogP contribution in [0, 0.1) is 0 Å². The van der Waals surface area contributed by atoms with Crippen molar-refractivity contribution in [3.05, 3.63) is 47.5 Å². The zero-order valence-electron chi connectivity index (χ0n) is 15.4. The molecule has 0 saturated carbocycles. The van der Waals surface area contributed by atoms with Crippen LogP contribution < -0.4 is 9.47 Å². The van der Waals surface area contributed by atoms with E-state index < -0.39 is 0 Å². The Balaban J connectivity index is 1.38. The Morgan fingerprint density at radius 2 is 2.04 bits per heavy atom. The zero-order valence-corrected chi connectivity index (χ0v) is 15.4. The number of ether oxygens (including phenoxy) is 2. The van der Waals surface area contributed by atoms with Crippen molar-refractivity contribution in [2.24, 2.45) is 0 Å². The number of fused-ring (bicyclic) bond motifs is 1. The number of likely N-dealkylation sites (tertiary alicyclic amines) is 1. The highest BCUT2D eigenvalue weighted by atomic mass is 16.7. The van der Waals surface area contributed by atoms with E-state index in [2.05, 4.69) is 10.3 Å². The summed E-state index contributed by atoms with van der Waals surface area (Å²) in [6.45, 7) is 2.88. The molecule has 3 aromatic rings. The molecule has 2 aliphatic rings. The minimum absolute atomic E-state index is 0.119. The molecule has 144 valence electrons. The molecular weight excluding hydrogens is 362 g/mol. The number of rotatable bonds is 4. The summed E-state index contributed by atoms with van der Waals surface area (Å²) >= 11 is 0. The van der Waals surface area contributed by atoms with Crippen molar-refractivity contribution < 1.29 is 23.3 Å². The van der Waals surface area contributed by atoms with Gasteiger partial charge in [-0.1, -0.05) is 17.2 Å². The fraction of sp³-hybridized carbons (Fsp3) is 0.350. The number of amides is 1. The van der Waals surface area contributed by atoms with Crippen molar-refractivity contribution in [2.75, 3.05) is 13.3 Å². The summed E-state index contributed by atoms with van der Waals surface area (Å²) in [5.74, 6) is 2.40. The molecule has 0 aliphatic carbocycles. The van der Waals surface area contributed by atoms with Gasteiger partial charge in [-0.25, -0.2) is 0 Å². The Morgan fingerprint density at radius 3 is 2.89 bits per heavy atom. The molecule has 0 bridgehead atoms. The van der Waals surface area contributed by atoms with Crippen molar-refractivity contribution in [2.45, 2.75) is 32.2 Å². The minimum atomic E-state index is -0.173. The van der Waals surface area contributed by atoms with Crippen LogP contribution in [0.5, 0.6) is 11.5 Å². The highest BCUT2D eigenvalue weighted by molar-refractivity contribution is 5.93. The van der Waals surface area contributed by atoms with Crippen LogP contribution in [-0.4, -0.2) is 34.5 Å². The molecule has 1 fully saturated rings. The van der Waals surface area contributed by atoms with E-state index in [9.17, 15) is 4.79 Å². The maximum Gasteiger partial charge on any atom is 0.276 e. The Labute approximate surface area is 161 Å². The summed E-state index contributed by atoms with van der Waals surface area (Å²) < 4.78 is 21.6. The standard InChI is InChI=1S/C20H19N3O5/c1-2-13-9-18(28-21-13)15-4-3-7-23(15)20(24)14-10-17(27-22-14)12-5-6-16-19(8-12)26-11-25-16/h5-6,8-10,15H,2-4,7,11H2,1H3/t15-/m1/s1. The Kier molecular flexibility index (Phi) is 4.03. The first-order chi connectivity index (χ1) is 13.7. The van der Waals surface area contributed by atoms with Crippen LogP contribution in [-0.2, 0) is 6.42 Å². The molecule has 1 amide bonds. The molecule has 28 heavy (non-hydrogen) atoms. The van der Waals surface area contributed by atoms with Crippen molar-refractivity contribution >= 4 is 5.91 Å². The second kappa shape index (κ2) is 6.70. The van der Waals surface area contributed by atoms with Crippen molar-refractivity contribution in [1.29, 1.82) is 0 Å². The monoisotopic (exact) mass is 381 g/mol. The van der Waals surface area contributed by atoms with Crippen molar-refractivity contribution in [3.8, 4) is 22.8 Å². The molecule has 1 saturated heterocycles. The molecule has 2 aromatic heterocycles. The van der Waals surface area contributed by atoms with Gasteiger partial charge in [-0.05, 0) is 37.5 Å². The number of hydrogen-bond acceptors (Lipinski definition) is 7. The quantitative estimate of drug-likeness (QED) is 0.682. The molecule has 2 aliphatic heterocycles. The molecule has 1 atom stereocenters. The number of hydrogen-bond donors (Lipinski definition) is 0. The summed E-state index contributed by atoms with van der Waals surface area (Å²) in [6.07, 6.45) is 2.55. The average molecular weight is 381 g/mol. The smallest absolute Gasteiger partial charge is 0.276 e. The molecule has 0 unspecified atom stereocenters. The van der Waals surface area contributed by atoms with Gasteiger partial charge >= 0.3 is 0 Å². The summed E-state index contributed by atoms with van der Waals surface area (Å²) in [7, 11) is 0. The van der Waals surface area contributed by atoms with E-state index in [-0.39, 0.29) is 24.4 Å². The molecular formula is C20H19N3O5. The second-order valence-corrected chi connectivity index (χ2v) is 6.88. The molecule has 4 heterocycles. The predicted molar refractivity (Wildman–Crippen MR) is 97.0 cm³/mol. The van der Waals surface area contributed by atoms with Crippen molar-refractivity contribution in [1.82, 2.24) is 15.2 Å². The number of benzene rings is 1.